The molecular weight excluding hydrogens is 319 g/mol. The molecule has 1 heterocycles. The second-order valence-electron chi connectivity index (χ2n) is 2.88. The molecule has 4 nitrogen and oxygen atoms in total. The number of carbonyl (C=O) groups is 1. The summed E-state index contributed by atoms with van der Waals surface area (Å²) >= 11 is 2.20. The largest absolute Gasteiger partial charge is 0.436 e. The second kappa shape index (κ2) is 6.33. The van der Waals surface area contributed by atoms with Gasteiger partial charge in [0.05, 0.1) is 5.69 Å². The van der Waals surface area contributed by atoms with E-state index in [1.807, 2.05) is 13.0 Å². The predicted molar refractivity (Wildman–Crippen MR) is 70.1 cm³/mol. The number of ether oxygens (including phenoxy) is 1. The van der Waals surface area contributed by atoms with Gasteiger partial charge in [-0.15, -0.1) is 6.42 Å². The summed E-state index contributed by atoms with van der Waals surface area (Å²) in [5.41, 5.74) is 0.940. The minimum atomic E-state index is -0.589. The summed E-state index contributed by atoms with van der Waals surface area (Å²) in [6.07, 6.45) is 5.19. The Labute approximate surface area is 108 Å². The number of nitrogens with zero attached hydrogens (tertiary/aromatic N) is 1. The Morgan fingerprint density at radius 3 is 3.06 bits per heavy atom. The van der Waals surface area contributed by atoms with Crippen LogP contribution in [0, 0.1) is 15.9 Å². The average Bonchev–Trinajstić information content (AvgIpc) is 2.29. The highest BCUT2D eigenvalue weighted by molar-refractivity contribution is 14.1. The van der Waals surface area contributed by atoms with Gasteiger partial charge in [-0.2, -0.15) is 0 Å². The zero-order valence-corrected chi connectivity index (χ0v) is 10.9. The van der Waals surface area contributed by atoms with Crippen LogP contribution in [0.4, 0.5) is 10.6 Å². The molecule has 0 aliphatic heterocycles. The summed E-state index contributed by atoms with van der Waals surface area (Å²) in [6, 6.07) is 3.61. The van der Waals surface area contributed by atoms with Crippen LogP contribution in [-0.4, -0.2) is 17.7 Å². The number of halogens is 1. The van der Waals surface area contributed by atoms with Crippen LogP contribution in [0.1, 0.15) is 12.6 Å². The van der Waals surface area contributed by atoms with E-state index in [-0.39, 0.29) is 6.61 Å². The monoisotopic (exact) mass is 330 g/mol. The fraction of sp³-hybridized carbons (Fsp3) is 0.273. The lowest BCUT2D eigenvalue weighted by Gasteiger charge is -2.06. The van der Waals surface area contributed by atoms with Gasteiger partial charge in [-0.25, -0.2) is 9.78 Å². The van der Waals surface area contributed by atoms with Crippen LogP contribution in [0.15, 0.2) is 12.1 Å². The molecule has 0 aliphatic carbocycles. The third-order valence-corrected chi connectivity index (χ3v) is 2.75. The molecule has 84 valence electrons. The predicted octanol–water partition coefficient (Wildman–Crippen LogP) is 2.43. The Morgan fingerprint density at radius 2 is 2.44 bits per heavy atom. The Kier molecular flexibility index (Phi) is 5.05. The number of aryl methyl sites for hydroxylation is 1. The molecule has 1 rings (SSSR count). The molecule has 1 aromatic rings. The molecule has 0 unspecified atom stereocenters. The zero-order valence-electron chi connectivity index (χ0n) is 8.79. The average molecular weight is 330 g/mol. The number of hydrogen-bond donors (Lipinski definition) is 1. The molecule has 0 saturated heterocycles. The topological polar surface area (TPSA) is 51.2 Å². The maximum absolute atomic E-state index is 11.2. The Morgan fingerprint density at radius 1 is 1.69 bits per heavy atom. The van der Waals surface area contributed by atoms with Crippen molar-refractivity contribution in [3.63, 3.8) is 0 Å². The number of anilines is 1. The first-order valence-electron chi connectivity index (χ1n) is 4.70. The van der Waals surface area contributed by atoms with Crippen molar-refractivity contribution in [2.45, 2.75) is 13.3 Å². The van der Waals surface area contributed by atoms with Crippen molar-refractivity contribution >= 4 is 34.5 Å². The molecule has 1 aromatic heterocycles. The van der Waals surface area contributed by atoms with Gasteiger partial charge in [0.1, 0.15) is 5.82 Å². The van der Waals surface area contributed by atoms with Crippen molar-refractivity contribution in [3.05, 3.63) is 21.4 Å². The van der Waals surface area contributed by atoms with Gasteiger partial charge in [0.15, 0.2) is 6.61 Å². The molecule has 0 atom stereocenters. The van der Waals surface area contributed by atoms with Gasteiger partial charge in [-0.05, 0) is 41.1 Å². The minimum absolute atomic E-state index is 0.0448. The lowest BCUT2D eigenvalue weighted by molar-refractivity contribution is 0.176. The highest BCUT2D eigenvalue weighted by atomic mass is 127. The van der Waals surface area contributed by atoms with E-state index in [1.54, 1.807) is 6.07 Å². The standard InChI is InChI=1S/C11H11IN2O2/c1-3-7-16-11(15)14-10-6-5-8(12)9(4-2)13-10/h1,5-6H,4,7H2,2H3,(H,13,14,15). The number of hydrogen-bond acceptors (Lipinski definition) is 3. The van der Waals surface area contributed by atoms with Crippen LogP contribution in [0.3, 0.4) is 0 Å². The summed E-state index contributed by atoms with van der Waals surface area (Å²) < 4.78 is 5.74. The molecule has 0 bridgehead atoms. The van der Waals surface area contributed by atoms with Gasteiger partial charge in [0.2, 0.25) is 0 Å². The molecule has 0 saturated carbocycles. The van der Waals surface area contributed by atoms with Crippen LogP contribution >= 0.6 is 22.6 Å². The molecule has 0 aliphatic rings. The van der Waals surface area contributed by atoms with Crippen LogP contribution in [0.5, 0.6) is 0 Å². The number of amides is 1. The summed E-state index contributed by atoms with van der Waals surface area (Å²) in [5.74, 6) is 2.68. The second-order valence-corrected chi connectivity index (χ2v) is 4.05. The molecule has 16 heavy (non-hydrogen) atoms. The molecule has 0 spiro atoms. The Balaban J connectivity index is 2.68. The normalized spacial score (nSPS) is 9.31. The molecule has 0 fully saturated rings. The number of rotatable bonds is 3. The van der Waals surface area contributed by atoms with Gasteiger partial charge in [-0.1, -0.05) is 12.8 Å². The first kappa shape index (κ1) is 12.8. The van der Waals surface area contributed by atoms with Crippen molar-refractivity contribution in [1.82, 2.24) is 4.98 Å². The third-order valence-electron chi connectivity index (χ3n) is 1.77. The van der Waals surface area contributed by atoms with Crippen LogP contribution < -0.4 is 5.32 Å². The lowest BCUT2D eigenvalue weighted by Crippen LogP contribution is -2.15. The maximum atomic E-state index is 11.2. The molecule has 5 heteroatoms. The van der Waals surface area contributed by atoms with Crippen LogP contribution in [-0.2, 0) is 11.2 Å². The van der Waals surface area contributed by atoms with E-state index in [4.69, 9.17) is 6.42 Å². The Bertz CT molecular complexity index is 426. The smallest absolute Gasteiger partial charge is 0.413 e. The first-order chi connectivity index (χ1) is 7.67. The van der Waals surface area contributed by atoms with Gasteiger partial charge >= 0.3 is 6.09 Å². The summed E-state index contributed by atoms with van der Waals surface area (Å²) in [5, 5.41) is 2.51. The number of carbonyl (C=O) groups excluding carboxylic acids is 1. The van der Waals surface area contributed by atoms with E-state index in [9.17, 15) is 4.79 Å². The van der Waals surface area contributed by atoms with E-state index >= 15 is 0 Å². The first-order valence-corrected chi connectivity index (χ1v) is 5.78. The number of pyridine rings is 1. The van der Waals surface area contributed by atoms with Crippen molar-refractivity contribution in [3.8, 4) is 12.3 Å². The van der Waals surface area contributed by atoms with Crippen molar-refractivity contribution in [2.75, 3.05) is 11.9 Å². The highest BCUT2D eigenvalue weighted by Gasteiger charge is 2.05. The lowest BCUT2D eigenvalue weighted by atomic mass is 10.3. The van der Waals surface area contributed by atoms with Gasteiger partial charge in [0, 0.05) is 3.57 Å². The number of aromatic nitrogens is 1. The van der Waals surface area contributed by atoms with Gasteiger partial charge in [0.25, 0.3) is 0 Å². The van der Waals surface area contributed by atoms with Crippen LogP contribution in [0.2, 0.25) is 0 Å². The maximum Gasteiger partial charge on any atom is 0.413 e. The van der Waals surface area contributed by atoms with Crippen molar-refractivity contribution < 1.29 is 9.53 Å². The van der Waals surface area contributed by atoms with E-state index in [0.29, 0.717) is 5.82 Å². The quantitative estimate of drug-likeness (QED) is 0.684. The highest BCUT2D eigenvalue weighted by Crippen LogP contribution is 2.14. The summed E-state index contributed by atoms with van der Waals surface area (Å²) in [6.45, 7) is 1.96. The van der Waals surface area contributed by atoms with E-state index in [2.05, 4.69) is 43.5 Å². The van der Waals surface area contributed by atoms with Crippen LogP contribution in [0.25, 0.3) is 0 Å². The van der Waals surface area contributed by atoms with E-state index in [0.717, 1.165) is 15.7 Å². The fourth-order valence-corrected chi connectivity index (χ4v) is 1.73. The fourth-order valence-electron chi connectivity index (χ4n) is 1.05. The van der Waals surface area contributed by atoms with E-state index in [1.165, 1.54) is 0 Å². The SMILES string of the molecule is C#CCOC(=O)Nc1ccc(I)c(CC)n1. The summed E-state index contributed by atoms with van der Waals surface area (Å²) in [4.78, 5) is 15.5. The zero-order chi connectivity index (χ0) is 12.0. The third kappa shape index (κ3) is 3.70. The summed E-state index contributed by atoms with van der Waals surface area (Å²) in [7, 11) is 0. The molecule has 0 aromatic carbocycles. The van der Waals surface area contributed by atoms with E-state index < -0.39 is 6.09 Å². The molecule has 0 radical (unpaired) electrons. The molecular formula is C11H11IN2O2. The van der Waals surface area contributed by atoms with Crippen molar-refractivity contribution in [2.24, 2.45) is 0 Å². The molecule has 1 N–H and O–H groups in total. The number of terminal acetylenes is 1. The number of nitrogens with one attached hydrogen (secondary N) is 1. The Hall–Kier alpha value is -1.29. The van der Waals surface area contributed by atoms with Gasteiger partial charge < -0.3 is 4.74 Å². The molecule has 1 amide bonds. The minimum Gasteiger partial charge on any atom is -0.436 e. The van der Waals surface area contributed by atoms with Gasteiger partial charge in [-0.3, -0.25) is 5.32 Å². The van der Waals surface area contributed by atoms with Crippen molar-refractivity contribution in [1.29, 1.82) is 0 Å².